The normalized spacial score (nSPS) is 24.4. The highest BCUT2D eigenvalue weighted by Crippen LogP contribution is 2.42. The van der Waals surface area contributed by atoms with Gasteiger partial charge in [-0.3, -0.25) is 14.4 Å². The lowest BCUT2D eigenvalue weighted by Crippen LogP contribution is -2.66. The summed E-state index contributed by atoms with van der Waals surface area (Å²) in [5.74, 6) is 0.849. The van der Waals surface area contributed by atoms with E-state index in [1.165, 1.54) is 6.42 Å². The number of rotatable bonds is 7. The second kappa shape index (κ2) is 10.1. The molecule has 3 heterocycles. The Kier molecular flexibility index (Phi) is 6.95. The van der Waals surface area contributed by atoms with Gasteiger partial charge in [-0.25, -0.2) is 0 Å². The summed E-state index contributed by atoms with van der Waals surface area (Å²) in [6, 6.07) is 4.74. The van der Waals surface area contributed by atoms with E-state index in [0.717, 1.165) is 60.0 Å². The third-order valence-corrected chi connectivity index (χ3v) is 8.05. The van der Waals surface area contributed by atoms with Gasteiger partial charge in [-0.2, -0.15) is 0 Å². The van der Waals surface area contributed by atoms with E-state index in [2.05, 4.69) is 29.5 Å². The lowest BCUT2D eigenvalue weighted by Gasteiger charge is -2.46. The summed E-state index contributed by atoms with van der Waals surface area (Å²) >= 11 is 0. The Balaban J connectivity index is 1.37. The molecule has 3 N–H and O–H groups in total. The quantitative estimate of drug-likeness (QED) is 0.545. The highest BCUT2D eigenvalue weighted by molar-refractivity contribution is 5.99. The molecule has 1 aromatic heterocycles. The van der Waals surface area contributed by atoms with Crippen LogP contribution >= 0.6 is 0 Å². The van der Waals surface area contributed by atoms with Crippen molar-refractivity contribution in [3.8, 4) is 5.75 Å². The second-order valence-electron chi connectivity index (χ2n) is 11.0. The van der Waals surface area contributed by atoms with E-state index in [0.29, 0.717) is 18.8 Å². The van der Waals surface area contributed by atoms with Gasteiger partial charge < -0.3 is 25.3 Å². The Morgan fingerprint density at radius 2 is 1.97 bits per heavy atom. The highest BCUT2D eigenvalue weighted by Gasteiger charge is 2.48. The number of amides is 3. The fraction of sp³-hybridized carbons (Fsp3) is 0.607. The van der Waals surface area contributed by atoms with Crippen LogP contribution in [0, 0.1) is 5.92 Å². The van der Waals surface area contributed by atoms with Crippen LogP contribution in [0.4, 0.5) is 0 Å². The first-order chi connectivity index (χ1) is 17.4. The fourth-order valence-corrected chi connectivity index (χ4v) is 6.27. The Bertz CT molecular complexity index is 1150. The summed E-state index contributed by atoms with van der Waals surface area (Å²) in [5, 5.41) is 7.14. The Hall–Kier alpha value is -3.03. The van der Waals surface area contributed by atoms with Crippen molar-refractivity contribution < 1.29 is 19.1 Å². The fourth-order valence-electron chi connectivity index (χ4n) is 6.27. The summed E-state index contributed by atoms with van der Waals surface area (Å²) in [7, 11) is 1.64. The molecule has 1 aromatic carbocycles. The van der Waals surface area contributed by atoms with Crippen molar-refractivity contribution in [2.45, 2.75) is 95.8 Å². The first-order valence-electron chi connectivity index (χ1n) is 13.5. The van der Waals surface area contributed by atoms with Gasteiger partial charge in [0.25, 0.3) is 0 Å². The summed E-state index contributed by atoms with van der Waals surface area (Å²) in [4.78, 5) is 45.0. The van der Waals surface area contributed by atoms with Crippen LogP contribution in [0.15, 0.2) is 18.2 Å². The highest BCUT2D eigenvalue weighted by atomic mass is 16.5. The molecule has 8 nitrogen and oxygen atoms in total. The number of methoxy groups -OCH3 is 1. The van der Waals surface area contributed by atoms with Gasteiger partial charge in [-0.15, -0.1) is 0 Å². The van der Waals surface area contributed by atoms with E-state index in [1.54, 1.807) is 12.0 Å². The lowest BCUT2D eigenvalue weighted by molar-refractivity contribution is -0.154. The molecule has 194 valence electrons. The molecule has 2 aromatic rings. The van der Waals surface area contributed by atoms with E-state index in [1.807, 2.05) is 18.2 Å². The first kappa shape index (κ1) is 24.7. The zero-order chi connectivity index (χ0) is 25.4. The Labute approximate surface area is 212 Å². The molecule has 1 aliphatic carbocycles. The van der Waals surface area contributed by atoms with E-state index in [-0.39, 0.29) is 36.2 Å². The largest absolute Gasteiger partial charge is 0.497 e. The minimum Gasteiger partial charge on any atom is -0.497 e. The molecular formula is C28H38N4O4. The molecule has 1 saturated carbocycles. The molecule has 0 bridgehead atoms. The third kappa shape index (κ3) is 4.70. The van der Waals surface area contributed by atoms with E-state index in [4.69, 9.17) is 4.74 Å². The number of hydrogen-bond acceptors (Lipinski definition) is 4. The number of benzene rings is 1. The van der Waals surface area contributed by atoms with Crippen LogP contribution < -0.4 is 15.4 Å². The Morgan fingerprint density at radius 3 is 2.69 bits per heavy atom. The molecule has 3 amide bonds. The molecule has 5 rings (SSSR count). The molecule has 0 spiro atoms. The molecule has 0 radical (unpaired) electrons. The van der Waals surface area contributed by atoms with Gasteiger partial charge in [0.15, 0.2) is 0 Å². The van der Waals surface area contributed by atoms with Crippen LogP contribution in [0.25, 0.3) is 10.9 Å². The molecule has 2 fully saturated rings. The van der Waals surface area contributed by atoms with Crippen LogP contribution in [0.1, 0.15) is 82.5 Å². The number of piperazine rings is 1. The third-order valence-electron chi connectivity index (χ3n) is 8.05. The van der Waals surface area contributed by atoms with Crippen molar-refractivity contribution >= 4 is 28.6 Å². The van der Waals surface area contributed by atoms with E-state index < -0.39 is 12.1 Å². The average molecular weight is 495 g/mol. The van der Waals surface area contributed by atoms with Gasteiger partial charge in [0.2, 0.25) is 17.7 Å². The van der Waals surface area contributed by atoms with Gasteiger partial charge in [0.05, 0.1) is 13.2 Å². The predicted octanol–water partition coefficient (Wildman–Crippen LogP) is 3.74. The molecule has 36 heavy (non-hydrogen) atoms. The SMILES string of the molecule is COc1ccc2c3c([nH]c2c1)[C@H](CC(C)C)N1C(=O)[C@H](CCC(=O)NC2CCCCC2)NC(=O)[C@@H]1C3. The van der Waals surface area contributed by atoms with Crippen LogP contribution in [0.2, 0.25) is 0 Å². The van der Waals surface area contributed by atoms with Crippen LogP contribution in [0.3, 0.4) is 0 Å². The van der Waals surface area contributed by atoms with Gasteiger partial charge >= 0.3 is 0 Å². The number of aromatic nitrogens is 1. The maximum atomic E-state index is 13.8. The van der Waals surface area contributed by atoms with Crippen molar-refractivity contribution in [2.75, 3.05) is 7.11 Å². The van der Waals surface area contributed by atoms with Crippen molar-refractivity contribution in [2.24, 2.45) is 5.92 Å². The summed E-state index contributed by atoms with van der Waals surface area (Å²) < 4.78 is 5.40. The maximum absolute atomic E-state index is 13.8. The van der Waals surface area contributed by atoms with Gasteiger partial charge in [0, 0.05) is 41.5 Å². The summed E-state index contributed by atoms with van der Waals surface area (Å²) in [6.45, 7) is 4.27. The molecule has 3 atom stereocenters. The van der Waals surface area contributed by atoms with Crippen molar-refractivity contribution in [3.05, 3.63) is 29.5 Å². The lowest BCUT2D eigenvalue weighted by atomic mass is 9.85. The standard InChI is InChI=1S/C28H38N4O4/c1-16(2)13-23-26-20(19-10-9-18(36-3)14-22(19)30-26)15-24-27(34)31-21(28(35)32(23)24)11-12-25(33)29-17-7-5-4-6-8-17/h9-10,14,16-17,21,23-24,30H,4-8,11-13,15H2,1-3H3,(H,29,33)(H,31,34)/t21-,23-,24-/m0/s1. The molecule has 0 unspecified atom stereocenters. The number of hydrogen-bond donors (Lipinski definition) is 3. The minimum atomic E-state index is -0.674. The number of nitrogens with one attached hydrogen (secondary N) is 3. The predicted molar refractivity (Wildman–Crippen MR) is 138 cm³/mol. The number of carbonyl (C=O) groups excluding carboxylic acids is 3. The average Bonchev–Trinajstić information content (AvgIpc) is 3.23. The number of carbonyl (C=O) groups is 3. The van der Waals surface area contributed by atoms with Gasteiger partial charge in [0.1, 0.15) is 17.8 Å². The molecule has 8 heteroatoms. The molecule has 3 aliphatic rings. The van der Waals surface area contributed by atoms with Crippen molar-refractivity contribution in [1.82, 2.24) is 20.5 Å². The van der Waals surface area contributed by atoms with E-state index in [9.17, 15) is 14.4 Å². The van der Waals surface area contributed by atoms with Gasteiger partial charge in [-0.05, 0) is 49.3 Å². The maximum Gasteiger partial charge on any atom is 0.246 e. The van der Waals surface area contributed by atoms with Crippen molar-refractivity contribution in [1.29, 1.82) is 0 Å². The number of aromatic amines is 1. The molecule has 1 saturated heterocycles. The zero-order valence-electron chi connectivity index (χ0n) is 21.6. The van der Waals surface area contributed by atoms with Gasteiger partial charge in [-0.1, -0.05) is 33.1 Å². The van der Waals surface area contributed by atoms with E-state index >= 15 is 0 Å². The number of H-pyrrole nitrogens is 1. The zero-order valence-corrected chi connectivity index (χ0v) is 21.6. The van der Waals surface area contributed by atoms with Crippen LogP contribution in [-0.4, -0.2) is 52.8 Å². The molecule has 2 aliphatic heterocycles. The first-order valence-corrected chi connectivity index (χ1v) is 13.5. The summed E-state index contributed by atoms with van der Waals surface area (Å²) in [6.07, 6.45) is 7.36. The number of nitrogens with zero attached hydrogens (tertiary/aromatic N) is 1. The molecular weight excluding hydrogens is 456 g/mol. The number of fused-ring (bicyclic) bond motifs is 4. The van der Waals surface area contributed by atoms with Crippen LogP contribution in [-0.2, 0) is 20.8 Å². The minimum absolute atomic E-state index is 0.0321. The topological polar surface area (TPSA) is 104 Å². The van der Waals surface area contributed by atoms with Crippen LogP contribution in [0.5, 0.6) is 5.75 Å². The smallest absolute Gasteiger partial charge is 0.246 e. The summed E-state index contributed by atoms with van der Waals surface area (Å²) in [5.41, 5.74) is 3.07. The Morgan fingerprint density at radius 1 is 1.19 bits per heavy atom. The second-order valence-corrected chi connectivity index (χ2v) is 11.0. The van der Waals surface area contributed by atoms with Crippen molar-refractivity contribution in [3.63, 3.8) is 0 Å². The monoisotopic (exact) mass is 494 g/mol. The number of ether oxygens (including phenoxy) is 1.